The predicted octanol–water partition coefficient (Wildman–Crippen LogP) is 2.29. The largest absolute Gasteiger partial charge is 0.396 e. The van der Waals surface area contributed by atoms with Gasteiger partial charge in [-0.05, 0) is 22.0 Å². The van der Waals surface area contributed by atoms with Crippen LogP contribution >= 0.6 is 15.9 Å². The molecule has 0 aliphatic carbocycles. The van der Waals surface area contributed by atoms with Gasteiger partial charge in [0, 0.05) is 12.3 Å². The van der Waals surface area contributed by atoms with Crippen molar-refractivity contribution in [2.24, 2.45) is 0 Å². The van der Waals surface area contributed by atoms with E-state index < -0.39 is 0 Å². The highest BCUT2D eigenvalue weighted by atomic mass is 79.9. The monoisotopic (exact) mass is 309 g/mol. The van der Waals surface area contributed by atoms with Crippen LogP contribution in [0.3, 0.4) is 0 Å². The Morgan fingerprint density at radius 1 is 1.44 bits per heavy atom. The van der Waals surface area contributed by atoms with Crippen molar-refractivity contribution >= 4 is 32.7 Å². The lowest BCUT2D eigenvalue weighted by Crippen LogP contribution is -2.01. The highest BCUT2D eigenvalue weighted by Gasteiger charge is 2.08. The van der Waals surface area contributed by atoms with Gasteiger partial charge in [-0.2, -0.15) is 5.10 Å². The fraction of sp³-hybridized carbons (Fsp3) is 0.0909. The summed E-state index contributed by atoms with van der Waals surface area (Å²) in [6.45, 7) is 0.463. The quantitative estimate of drug-likeness (QED) is 0.763. The number of H-pyrrole nitrogens is 1. The summed E-state index contributed by atoms with van der Waals surface area (Å²) in [5.74, 6) is 0.381. The highest BCUT2D eigenvalue weighted by molar-refractivity contribution is 9.10. The van der Waals surface area contributed by atoms with Gasteiger partial charge in [0.25, 0.3) is 0 Å². The average molecular weight is 310 g/mol. The number of hydrogen-bond acceptors (Lipinski definition) is 3. The van der Waals surface area contributed by atoms with E-state index in [2.05, 4.69) is 31.0 Å². The molecule has 92 valence electrons. The van der Waals surface area contributed by atoms with Crippen molar-refractivity contribution in [1.82, 2.24) is 19.7 Å². The normalized spacial score (nSPS) is 11.2. The molecule has 7 heteroatoms. The Kier molecular flexibility index (Phi) is 2.55. The maximum Gasteiger partial charge on any atom is 0.139 e. The van der Waals surface area contributed by atoms with E-state index in [1.54, 1.807) is 23.1 Å². The number of anilines is 1. The summed E-state index contributed by atoms with van der Waals surface area (Å²) in [5.41, 5.74) is 7.54. The molecule has 2 heterocycles. The van der Waals surface area contributed by atoms with Crippen LogP contribution in [0.5, 0.6) is 0 Å². The zero-order chi connectivity index (χ0) is 12.7. The minimum Gasteiger partial charge on any atom is -0.396 e. The maximum absolute atomic E-state index is 13.4. The third-order valence-corrected chi connectivity index (χ3v) is 3.15. The Labute approximate surface area is 110 Å². The maximum atomic E-state index is 13.4. The SMILES string of the molecule is Nc1cnn(Cc2nc3cc(Br)c(F)cc3[nH]2)c1. The molecule has 0 atom stereocenters. The van der Waals surface area contributed by atoms with Gasteiger partial charge in [0.1, 0.15) is 11.6 Å². The van der Waals surface area contributed by atoms with Crippen molar-refractivity contribution in [3.8, 4) is 0 Å². The van der Waals surface area contributed by atoms with Crippen molar-refractivity contribution in [3.63, 3.8) is 0 Å². The molecule has 0 fully saturated rings. The Hall–Kier alpha value is -1.89. The van der Waals surface area contributed by atoms with Gasteiger partial charge in [-0.15, -0.1) is 0 Å². The first-order valence-electron chi connectivity index (χ1n) is 5.23. The number of nitrogens with one attached hydrogen (secondary N) is 1. The van der Waals surface area contributed by atoms with Gasteiger partial charge in [-0.3, -0.25) is 4.68 Å². The first-order valence-corrected chi connectivity index (χ1v) is 6.03. The topological polar surface area (TPSA) is 72.5 Å². The fourth-order valence-electron chi connectivity index (χ4n) is 1.75. The summed E-state index contributed by atoms with van der Waals surface area (Å²) in [5, 5.41) is 4.06. The van der Waals surface area contributed by atoms with Gasteiger partial charge in [-0.25, -0.2) is 9.37 Å². The molecule has 0 spiro atoms. The van der Waals surface area contributed by atoms with Gasteiger partial charge in [0.15, 0.2) is 0 Å². The smallest absolute Gasteiger partial charge is 0.139 e. The minimum atomic E-state index is -0.318. The average Bonchev–Trinajstić information content (AvgIpc) is 2.86. The molecule has 2 aromatic heterocycles. The van der Waals surface area contributed by atoms with Crippen LogP contribution in [0.25, 0.3) is 11.0 Å². The van der Waals surface area contributed by atoms with Crippen LogP contribution in [0.15, 0.2) is 29.0 Å². The zero-order valence-corrected chi connectivity index (χ0v) is 10.8. The number of rotatable bonds is 2. The van der Waals surface area contributed by atoms with E-state index in [0.717, 1.165) is 0 Å². The summed E-state index contributed by atoms with van der Waals surface area (Å²) in [6, 6.07) is 3.05. The van der Waals surface area contributed by atoms with Crippen molar-refractivity contribution in [1.29, 1.82) is 0 Å². The third-order valence-electron chi connectivity index (χ3n) is 2.54. The number of aromatic amines is 1. The van der Waals surface area contributed by atoms with Crippen LogP contribution in [-0.2, 0) is 6.54 Å². The van der Waals surface area contributed by atoms with Crippen LogP contribution in [0.1, 0.15) is 5.82 Å². The Morgan fingerprint density at radius 2 is 2.28 bits per heavy atom. The van der Waals surface area contributed by atoms with E-state index in [9.17, 15) is 4.39 Å². The minimum absolute atomic E-state index is 0.318. The van der Waals surface area contributed by atoms with E-state index in [-0.39, 0.29) is 5.82 Å². The van der Waals surface area contributed by atoms with Crippen LogP contribution in [-0.4, -0.2) is 19.7 Å². The number of nitrogen functional groups attached to an aromatic ring is 1. The van der Waals surface area contributed by atoms with E-state index in [4.69, 9.17) is 5.73 Å². The lowest BCUT2D eigenvalue weighted by Gasteiger charge is -1.95. The molecule has 0 saturated heterocycles. The molecule has 3 N–H and O–H groups in total. The summed E-state index contributed by atoms with van der Waals surface area (Å²) in [7, 11) is 0. The molecule has 18 heavy (non-hydrogen) atoms. The predicted molar refractivity (Wildman–Crippen MR) is 69.5 cm³/mol. The van der Waals surface area contributed by atoms with Gasteiger partial charge in [0.05, 0.1) is 33.9 Å². The molecule has 1 aromatic carbocycles. The third kappa shape index (κ3) is 1.97. The first-order chi connectivity index (χ1) is 8.61. The van der Waals surface area contributed by atoms with Crippen LogP contribution in [0.4, 0.5) is 10.1 Å². The number of halogens is 2. The second-order valence-electron chi connectivity index (χ2n) is 3.94. The molecule has 5 nitrogen and oxygen atoms in total. The molecule has 0 bridgehead atoms. The molecular formula is C11H9BrFN5. The number of nitrogens with zero attached hydrogens (tertiary/aromatic N) is 3. The van der Waals surface area contributed by atoms with E-state index in [1.807, 2.05) is 0 Å². The van der Waals surface area contributed by atoms with Crippen LogP contribution in [0.2, 0.25) is 0 Å². The highest BCUT2D eigenvalue weighted by Crippen LogP contribution is 2.21. The van der Waals surface area contributed by atoms with Crippen LogP contribution in [0, 0.1) is 5.82 Å². The summed E-state index contributed by atoms with van der Waals surface area (Å²) < 4.78 is 15.4. The molecular weight excluding hydrogens is 301 g/mol. The lowest BCUT2D eigenvalue weighted by molar-refractivity contribution is 0.623. The number of nitrogens with two attached hydrogens (primary N) is 1. The molecule has 0 unspecified atom stereocenters. The fourth-order valence-corrected chi connectivity index (χ4v) is 2.08. The van der Waals surface area contributed by atoms with Gasteiger partial charge >= 0.3 is 0 Å². The number of imidazole rings is 1. The van der Waals surface area contributed by atoms with E-state index >= 15 is 0 Å². The van der Waals surface area contributed by atoms with Crippen molar-refractivity contribution < 1.29 is 4.39 Å². The molecule has 0 aliphatic heterocycles. The van der Waals surface area contributed by atoms with Gasteiger partial charge in [-0.1, -0.05) is 0 Å². The zero-order valence-electron chi connectivity index (χ0n) is 9.19. The second kappa shape index (κ2) is 4.09. The second-order valence-corrected chi connectivity index (χ2v) is 4.79. The molecule has 3 rings (SSSR count). The Balaban J connectivity index is 1.98. The lowest BCUT2D eigenvalue weighted by atomic mass is 10.3. The summed E-state index contributed by atoms with van der Waals surface area (Å²) in [4.78, 5) is 7.41. The number of fused-ring (bicyclic) bond motifs is 1. The standard InChI is InChI=1S/C11H9BrFN5/c12-7-1-9-10(2-8(7)13)17-11(16-9)5-18-4-6(14)3-15-18/h1-4H,5,14H2,(H,16,17). The Bertz CT molecular complexity index is 678. The Morgan fingerprint density at radius 3 is 3.00 bits per heavy atom. The molecule has 0 radical (unpaired) electrons. The molecule has 0 saturated carbocycles. The van der Waals surface area contributed by atoms with Crippen LogP contribution < -0.4 is 5.73 Å². The summed E-state index contributed by atoms with van der Waals surface area (Å²) >= 11 is 3.13. The van der Waals surface area contributed by atoms with Gasteiger partial charge < -0.3 is 10.7 Å². The summed E-state index contributed by atoms with van der Waals surface area (Å²) in [6.07, 6.45) is 3.28. The first kappa shape index (κ1) is 11.2. The number of benzene rings is 1. The van der Waals surface area contributed by atoms with E-state index in [0.29, 0.717) is 33.6 Å². The van der Waals surface area contributed by atoms with Gasteiger partial charge in [0.2, 0.25) is 0 Å². The number of aromatic nitrogens is 4. The van der Waals surface area contributed by atoms with Crippen molar-refractivity contribution in [2.45, 2.75) is 6.54 Å². The molecule has 0 amide bonds. The van der Waals surface area contributed by atoms with Crippen molar-refractivity contribution in [2.75, 3.05) is 5.73 Å². The van der Waals surface area contributed by atoms with E-state index in [1.165, 1.54) is 6.07 Å². The molecule has 0 aliphatic rings. The molecule has 3 aromatic rings. The van der Waals surface area contributed by atoms with Crippen molar-refractivity contribution in [3.05, 3.63) is 40.6 Å². The number of hydrogen-bond donors (Lipinski definition) is 2.